The molecular formula is C32H27BrO6S. The van der Waals surface area contributed by atoms with Crippen molar-refractivity contribution in [3.63, 3.8) is 0 Å². The molecule has 0 unspecified atom stereocenters. The second kappa shape index (κ2) is 11.0. The van der Waals surface area contributed by atoms with Gasteiger partial charge in [-0.05, 0) is 93.9 Å². The van der Waals surface area contributed by atoms with Gasteiger partial charge in [-0.15, -0.1) is 0 Å². The second-order valence-electron chi connectivity index (χ2n) is 9.59. The maximum Gasteiger partial charge on any atom is 0.341 e. The molecule has 204 valence electrons. The number of phenolic OH excluding ortho intramolecular Hbond substituents is 2. The van der Waals surface area contributed by atoms with Crippen LogP contribution in [-0.4, -0.2) is 42.1 Å². The molecule has 0 amide bonds. The average Bonchev–Trinajstić information content (AvgIpc) is 3.25. The van der Waals surface area contributed by atoms with Crippen LogP contribution in [0.5, 0.6) is 11.5 Å². The fraction of sp³-hybridized carbons (Fsp3) is 0.188. The van der Waals surface area contributed by atoms with Gasteiger partial charge in [0.1, 0.15) is 22.6 Å². The second-order valence-corrected chi connectivity index (χ2v) is 11.0. The van der Waals surface area contributed by atoms with E-state index in [9.17, 15) is 19.8 Å². The lowest BCUT2D eigenvalue weighted by Gasteiger charge is -2.35. The molecule has 40 heavy (non-hydrogen) atoms. The monoisotopic (exact) mass is 618 g/mol. The van der Waals surface area contributed by atoms with Crippen molar-refractivity contribution in [1.82, 2.24) is 0 Å². The average molecular weight is 620 g/mol. The first-order chi connectivity index (χ1) is 19.3. The number of ether oxygens (including phenoxy) is 2. The number of carbonyl (C=O) groups excluding carboxylic acids is 2. The zero-order valence-corrected chi connectivity index (χ0v) is 24.4. The lowest BCUT2D eigenvalue weighted by Crippen LogP contribution is -2.29. The van der Waals surface area contributed by atoms with E-state index in [0.717, 1.165) is 50.9 Å². The number of aromatic hydroxyl groups is 2. The third kappa shape index (κ3) is 4.45. The Morgan fingerprint density at radius 3 is 1.82 bits per heavy atom. The van der Waals surface area contributed by atoms with Crippen molar-refractivity contribution in [2.75, 3.05) is 20.0 Å². The quantitative estimate of drug-likeness (QED) is 0.139. The van der Waals surface area contributed by atoms with E-state index in [2.05, 4.69) is 46.8 Å². The Labute approximate surface area is 246 Å². The number of methoxy groups -OCH3 is 2. The summed E-state index contributed by atoms with van der Waals surface area (Å²) >= 11 is 8.03. The molecule has 0 saturated heterocycles. The Morgan fingerprint density at radius 2 is 1.30 bits per heavy atom. The molecule has 0 atom stereocenters. The molecule has 1 aliphatic carbocycles. The van der Waals surface area contributed by atoms with E-state index < -0.39 is 17.4 Å². The lowest BCUT2D eigenvalue weighted by atomic mass is 9.67. The number of carbonyl (C=O) groups is 2. The minimum Gasteiger partial charge on any atom is -0.507 e. The highest BCUT2D eigenvalue weighted by atomic mass is 79.9. The fourth-order valence-corrected chi connectivity index (χ4v) is 6.18. The maximum atomic E-state index is 12.7. The zero-order chi connectivity index (χ0) is 28.6. The Hall–Kier alpha value is -3.75. The van der Waals surface area contributed by atoms with Crippen LogP contribution in [0.1, 0.15) is 55.0 Å². The van der Waals surface area contributed by atoms with Crippen molar-refractivity contribution in [2.24, 2.45) is 0 Å². The number of rotatable bonds is 7. The van der Waals surface area contributed by atoms with Crippen LogP contribution >= 0.6 is 28.6 Å². The Balaban J connectivity index is 1.94. The number of fused-ring (bicyclic) bond motifs is 3. The summed E-state index contributed by atoms with van der Waals surface area (Å²) in [5, 5.41) is 21.2. The predicted octanol–water partition coefficient (Wildman–Crippen LogP) is 6.66. The summed E-state index contributed by atoms with van der Waals surface area (Å²) in [7, 11) is 2.52. The first kappa shape index (κ1) is 27.8. The first-order valence-corrected chi connectivity index (χ1v) is 14.1. The minimum atomic E-state index is -1.03. The molecule has 6 nitrogen and oxygen atoms in total. The van der Waals surface area contributed by atoms with E-state index in [-0.39, 0.29) is 22.6 Å². The van der Waals surface area contributed by atoms with Gasteiger partial charge in [0.15, 0.2) is 0 Å². The van der Waals surface area contributed by atoms with Gasteiger partial charge in [0.05, 0.1) is 19.6 Å². The van der Waals surface area contributed by atoms with E-state index in [1.807, 2.05) is 18.2 Å². The Bertz CT molecular complexity index is 1580. The van der Waals surface area contributed by atoms with Gasteiger partial charge in [-0.1, -0.05) is 52.3 Å². The molecule has 5 rings (SSSR count). The summed E-state index contributed by atoms with van der Waals surface area (Å²) in [5.74, 6) is -1.02. The van der Waals surface area contributed by atoms with E-state index in [0.29, 0.717) is 11.1 Å². The number of halogens is 1. The van der Waals surface area contributed by atoms with Crippen molar-refractivity contribution in [3.8, 4) is 22.6 Å². The summed E-state index contributed by atoms with van der Waals surface area (Å²) in [6.45, 7) is 0. The summed E-state index contributed by atoms with van der Waals surface area (Å²) in [6.07, 6.45) is 1.71. The Kier molecular flexibility index (Phi) is 7.66. The maximum absolute atomic E-state index is 12.7. The van der Waals surface area contributed by atoms with Crippen LogP contribution in [0.4, 0.5) is 0 Å². The van der Waals surface area contributed by atoms with Gasteiger partial charge in [-0.25, -0.2) is 9.59 Å². The Morgan fingerprint density at radius 1 is 0.775 bits per heavy atom. The molecule has 0 bridgehead atoms. The molecule has 4 aromatic carbocycles. The molecule has 0 aromatic heterocycles. The van der Waals surface area contributed by atoms with Gasteiger partial charge in [0.2, 0.25) is 0 Å². The standard InChI is InChI=1S/C32H27BrO6S/c1-38-30(36)24-15-19(6-11-28(24)34)32(20-7-12-29(35)25(16-20)31(37)39-2)26-14-18(4-3-13-40)5-9-22(26)23-10-8-21(33)17-27(23)32/h5-12,14-17,34-35,40H,3-4,13H2,1-2H3. The van der Waals surface area contributed by atoms with Gasteiger partial charge >= 0.3 is 11.9 Å². The highest BCUT2D eigenvalue weighted by molar-refractivity contribution is 9.10. The van der Waals surface area contributed by atoms with E-state index in [1.165, 1.54) is 26.4 Å². The number of esters is 2. The van der Waals surface area contributed by atoms with Crippen LogP contribution in [-0.2, 0) is 21.3 Å². The van der Waals surface area contributed by atoms with Gasteiger partial charge in [-0.2, -0.15) is 12.6 Å². The smallest absolute Gasteiger partial charge is 0.341 e. The van der Waals surface area contributed by atoms with E-state index in [4.69, 9.17) is 9.47 Å². The van der Waals surface area contributed by atoms with Crippen molar-refractivity contribution in [2.45, 2.75) is 18.3 Å². The van der Waals surface area contributed by atoms with Crippen molar-refractivity contribution < 1.29 is 29.3 Å². The number of hydrogen-bond acceptors (Lipinski definition) is 7. The molecule has 0 saturated carbocycles. The molecule has 0 spiro atoms. The number of phenols is 2. The SMILES string of the molecule is COC(=O)c1cc(C2(c3ccc(O)c(C(=O)OC)c3)c3cc(Br)ccc3-c3ccc(CCCS)cc32)ccc1O. The third-order valence-electron chi connectivity index (χ3n) is 7.46. The molecule has 0 radical (unpaired) electrons. The third-order valence-corrected chi connectivity index (χ3v) is 8.27. The normalized spacial score (nSPS) is 12.9. The molecule has 0 heterocycles. The van der Waals surface area contributed by atoms with E-state index >= 15 is 0 Å². The zero-order valence-electron chi connectivity index (χ0n) is 21.9. The van der Waals surface area contributed by atoms with Crippen LogP contribution in [0.2, 0.25) is 0 Å². The predicted molar refractivity (Wildman–Crippen MR) is 160 cm³/mol. The van der Waals surface area contributed by atoms with Crippen molar-refractivity contribution in [3.05, 3.63) is 116 Å². The summed E-state index contributed by atoms with van der Waals surface area (Å²) in [4.78, 5) is 25.4. The largest absolute Gasteiger partial charge is 0.507 e. The highest BCUT2D eigenvalue weighted by Crippen LogP contribution is 2.57. The first-order valence-electron chi connectivity index (χ1n) is 12.6. The van der Waals surface area contributed by atoms with Crippen LogP contribution in [0.25, 0.3) is 11.1 Å². The fourth-order valence-electron chi connectivity index (χ4n) is 5.66. The minimum absolute atomic E-state index is 0.0163. The van der Waals surface area contributed by atoms with Crippen LogP contribution < -0.4 is 0 Å². The van der Waals surface area contributed by atoms with Crippen molar-refractivity contribution >= 4 is 40.5 Å². The van der Waals surface area contributed by atoms with Gasteiger partial charge in [-0.3, -0.25) is 0 Å². The molecule has 4 aromatic rings. The van der Waals surface area contributed by atoms with Crippen LogP contribution in [0.3, 0.4) is 0 Å². The van der Waals surface area contributed by atoms with Gasteiger partial charge < -0.3 is 19.7 Å². The number of benzene rings is 4. The number of aryl methyl sites for hydroxylation is 1. The van der Waals surface area contributed by atoms with Gasteiger partial charge in [0.25, 0.3) is 0 Å². The molecule has 2 N–H and O–H groups in total. The highest BCUT2D eigenvalue weighted by Gasteiger charge is 2.47. The topological polar surface area (TPSA) is 93.1 Å². The number of hydrogen-bond donors (Lipinski definition) is 3. The summed E-state index contributed by atoms with van der Waals surface area (Å²) < 4.78 is 10.8. The van der Waals surface area contributed by atoms with Gasteiger partial charge in [0, 0.05) is 4.47 Å². The number of thiol groups is 1. The lowest BCUT2D eigenvalue weighted by molar-refractivity contribution is 0.0588. The molecule has 0 aliphatic heterocycles. The molecular weight excluding hydrogens is 592 g/mol. The van der Waals surface area contributed by atoms with Crippen molar-refractivity contribution in [1.29, 1.82) is 0 Å². The molecule has 0 fully saturated rings. The molecule has 8 heteroatoms. The summed E-state index contributed by atoms with van der Waals surface area (Å²) in [6, 6.07) is 22.2. The summed E-state index contributed by atoms with van der Waals surface area (Å²) in [5.41, 5.74) is 5.31. The van der Waals surface area contributed by atoms with E-state index in [1.54, 1.807) is 24.3 Å². The molecule has 1 aliphatic rings. The van der Waals surface area contributed by atoms with Crippen LogP contribution in [0, 0.1) is 0 Å². The van der Waals surface area contributed by atoms with Crippen LogP contribution in [0.15, 0.2) is 77.3 Å².